The fraction of sp³-hybridized carbons (Fsp3) is 0.111. The molecule has 0 aliphatic heterocycles. The Labute approximate surface area is 152 Å². The molecule has 0 unspecified atom stereocenters. The number of rotatable bonds is 5. The van der Waals surface area contributed by atoms with Gasteiger partial charge in [0.15, 0.2) is 0 Å². The van der Waals surface area contributed by atoms with Crippen molar-refractivity contribution >= 4 is 17.4 Å². The van der Waals surface area contributed by atoms with Gasteiger partial charge in [0.05, 0.1) is 5.56 Å². The van der Waals surface area contributed by atoms with E-state index in [0.29, 0.717) is 22.2 Å². The van der Waals surface area contributed by atoms with Gasteiger partial charge in [-0.15, -0.1) is 0 Å². The average molecular weight is 380 g/mol. The van der Waals surface area contributed by atoms with Crippen molar-refractivity contribution in [2.24, 2.45) is 0 Å². The maximum Gasteiger partial charge on any atom is 0.416 e. The minimum Gasteiger partial charge on any atom is -0.439 e. The number of hydrogen-bond acceptors (Lipinski definition) is 4. The number of alkyl halides is 3. The van der Waals surface area contributed by atoms with Gasteiger partial charge in [-0.25, -0.2) is 9.97 Å². The smallest absolute Gasteiger partial charge is 0.416 e. The molecule has 3 rings (SSSR count). The van der Waals surface area contributed by atoms with Gasteiger partial charge in [-0.1, -0.05) is 29.8 Å². The monoisotopic (exact) mass is 379 g/mol. The number of ether oxygens (including phenoxy) is 1. The van der Waals surface area contributed by atoms with Crippen LogP contribution < -0.4 is 10.1 Å². The van der Waals surface area contributed by atoms with E-state index in [9.17, 15) is 13.2 Å². The molecule has 0 spiro atoms. The van der Waals surface area contributed by atoms with E-state index in [1.165, 1.54) is 12.4 Å². The van der Waals surface area contributed by atoms with Crippen LogP contribution in [-0.2, 0) is 12.7 Å². The van der Waals surface area contributed by atoms with Crippen molar-refractivity contribution in [2.45, 2.75) is 12.7 Å². The van der Waals surface area contributed by atoms with Crippen LogP contribution in [-0.4, -0.2) is 9.97 Å². The minimum atomic E-state index is -4.37. The molecule has 1 aromatic heterocycles. The summed E-state index contributed by atoms with van der Waals surface area (Å²) in [7, 11) is 0. The highest BCUT2D eigenvalue weighted by Gasteiger charge is 2.30. The highest BCUT2D eigenvalue weighted by atomic mass is 35.5. The first-order valence-electron chi connectivity index (χ1n) is 7.55. The molecule has 0 atom stereocenters. The van der Waals surface area contributed by atoms with E-state index in [1.54, 1.807) is 36.4 Å². The molecule has 0 aliphatic rings. The lowest BCUT2D eigenvalue weighted by Gasteiger charge is -2.10. The van der Waals surface area contributed by atoms with Crippen molar-refractivity contribution in [3.63, 3.8) is 0 Å². The van der Waals surface area contributed by atoms with Crippen LogP contribution in [0.1, 0.15) is 11.1 Å². The largest absolute Gasteiger partial charge is 0.439 e. The maximum atomic E-state index is 12.8. The quantitative estimate of drug-likeness (QED) is 0.631. The molecule has 2 aromatic carbocycles. The standard InChI is InChI=1S/C18H13ClF3N3O/c19-14-5-2-6-15(8-14)26-17-9-16(24-11-25-17)23-10-12-3-1-4-13(7-12)18(20,21)22/h1-9,11H,10H2,(H,23,24,25). The molecule has 8 heteroatoms. The summed E-state index contributed by atoms with van der Waals surface area (Å²) in [4.78, 5) is 8.03. The zero-order valence-corrected chi connectivity index (χ0v) is 14.1. The second kappa shape index (κ2) is 7.61. The van der Waals surface area contributed by atoms with Crippen LogP contribution in [0.5, 0.6) is 11.6 Å². The van der Waals surface area contributed by atoms with Gasteiger partial charge in [-0.05, 0) is 35.9 Å². The lowest BCUT2D eigenvalue weighted by Crippen LogP contribution is -2.07. The van der Waals surface area contributed by atoms with Crippen molar-refractivity contribution in [2.75, 3.05) is 5.32 Å². The summed E-state index contributed by atoms with van der Waals surface area (Å²) in [6, 6.07) is 13.5. The molecule has 0 radical (unpaired) electrons. The van der Waals surface area contributed by atoms with Gasteiger partial charge < -0.3 is 10.1 Å². The van der Waals surface area contributed by atoms with E-state index in [4.69, 9.17) is 16.3 Å². The predicted octanol–water partition coefficient (Wildman–Crippen LogP) is 5.55. The number of benzene rings is 2. The second-order valence-corrected chi connectivity index (χ2v) is 5.79. The van der Waals surface area contributed by atoms with Crippen LogP contribution >= 0.6 is 11.6 Å². The Morgan fingerprint density at radius 1 is 1.00 bits per heavy atom. The molecule has 0 bridgehead atoms. The molecule has 1 heterocycles. The third-order valence-corrected chi connectivity index (χ3v) is 3.62. The molecule has 0 aliphatic carbocycles. The average Bonchev–Trinajstić information content (AvgIpc) is 2.60. The highest BCUT2D eigenvalue weighted by molar-refractivity contribution is 6.30. The number of hydrogen-bond donors (Lipinski definition) is 1. The molecule has 26 heavy (non-hydrogen) atoms. The molecular weight excluding hydrogens is 367 g/mol. The van der Waals surface area contributed by atoms with Gasteiger partial charge in [0.1, 0.15) is 17.9 Å². The Kier molecular flexibility index (Phi) is 5.27. The van der Waals surface area contributed by atoms with Crippen molar-refractivity contribution in [1.29, 1.82) is 0 Å². The SMILES string of the molecule is FC(F)(F)c1cccc(CNc2cc(Oc3cccc(Cl)c3)ncn2)c1. The summed E-state index contributed by atoms with van der Waals surface area (Å²) in [6.07, 6.45) is -3.07. The molecule has 4 nitrogen and oxygen atoms in total. The number of halogens is 4. The zero-order valence-electron chi connectivity index (χ0n) is 13.3. The predicted molar refractivity (Wildman–Crippen MR) is 92.3 cm³/mol. The van der Waals surface area contributed by atoms with Crippen LogP contribution in [0.25, 0.3) is 0 Å². The third-order valence-electron chi connectivity index (χ3n) is 3.39. The summed E-state index contributed by atoms with van der Waals surface area (Å²) in [5, 5.41) is 3.48. The number of nitrogens with one attached hydrogen (secondary N) is 1. The summed E-state index contributed by atoms with van der Waals surface area (Å²) >= 11 is 5.90. The molecule has 0 saturated heterocycles. The van der Waals surface area contributed by atoms with Gasteiger partial charge in [0.25, 0.3) is 0 Å². The lowest BCUT2D eigenvalue weighted by atomic mass is 10.1. The minimum absolute atomic E-state index is 0.178. The van der Waals surface area contributed by atoms with E-state index in [1.807, 2.05) is 0 Å². The molecule has 0 saturated carbocycles. The molecule has 1 N–H and O–H groups in total. The fourth-order valence-electron chi connectivity index (χ4n) is 2.19. The zero-order chi connectivity index (χ0) is 18.6. The third kappa shape index (κ3) is 4.86. The maximum absolute atomic E-state index is 12.8. The lowest BCUT2D eigenvalue weighted by molar-refractivity contribution is -0.137. The van der Waals surface area contributed by atoms with Crippen LogP contribution in [0.2, 0.25) is 5.02 Å². The Bertz CT molecular complexity index is 903. The van der Waals surface area contributed by atoms with E-state index >= 15 is 0 Å². The summed E-state index contributed by atoms with van der Waals surface area (Å²) < 4.78 is 43.8. The second-order valence-electron chi connectivity index (χ2n) is 5.35. The van der Waals surface area contributed by atoms with Crippen molar-refractivity contribution < 1.29 is 17.9 Å². The Hall–Kier alpha value is -2.80. The first kappa shape index (κ1) is 18.0. The fourth-order valence-corrected chi connectivity index (χ4v) is 2.37. The molecular formula is C18H13ClF3N3O. The van der Waals surface area contributed by atoms with E-state index < -0.39 is 11.7 Å². The summed E-state index contributed by atoms with van der Waals surface area (Å²) in [5.41, 5.74) is -0.208. The normalized spacial score (nSPS) is 11.2. The molecule has 0 fully saturated rings. The summed E-state index contributed by atoms with van der Waals surface area (Å²) in [5.74, 6) is 1.23. The van der Waals surface area contributed by atoms with E-state index in [0.717, 1.165) is 12.1 Å². The van der Waals surface area contributed by atoms with Crippen LogP contribution in [0.4, 0.5) is 19.0 Å². The van der Waals surface area contributed by atoms with Gasteiger partial charge in [0, 0.05) is 17.6 Å². The topological polar surface area (TPSA) is 47.0 Å². The first-order chi connectivity index (χ1) is 12.4. The first-order valence-corrected chi connectivity index (χ1v) is 7.93. The molecule has 0 amide bonds. The molecule has 3 aromatic rings. The number of anilines is 1. The molecule has 134 valence electrons. The van der Waals surface area contributed by atoms with Crippen LogP contribution in [0.15, 0.2) is 60.9 Å². The van der Waals surface area contributed by atoms with Gasteiger partial charge in [-0.2, -0.15) is 13.2 Å². The van der Waals surface area contributed by atoms with Crippen LogP contribution in [0, 0.1) is 0 Å². The van der Waals surface area contributed by atoms with Crippen molar-refractivity contribution in [3.8, 4) is 11.6 Å². The number of aromatic nitrogens is 2. The van der Waals surface area contributed by atoms with E-state index in [2.05, 4.69) is 15.3 Å². The van der Waals surface area contributed by atoms with Gasteiger partial charge in [0.2, 0.25) is 5.88 Å². The van der Waals surface area contributed by atoms with Crippen molar-refractivity contribution in [3.05, 3.63) is 77.1 Å². The Morgan fingerprint density at radius 2 is 1.81 bits per heavy atom. The highest BCUT2D eigenvalue weighted by Crippen LogP contribution is 2.29. The van der Waals surface area contributed by atoms with Gasteiger partial charge in [-0.3, -0.25) is 0 Å². The summed E-state index contributed by atoms with van der Waals surface area (Å²) in [6.45, 7) is 0.178. The number of nitrogens with zero attached hydrogens (tertiary/aromatic N) is 2. The van der Waals surface area contributed by atoms with Crippen LogP contribution in [0.3, 0.4) is 0 Å². The van der Waals surface area contributed by atoms with Crippen molar-refractivity contribution in [1.82, 2.24) is 9.97 Å². The Morgan fingerprint density at radius 3 is 2.58 bits per heavy atom. The van der Waals surface area contributed by atoms with Gasteiger partial charge >= 0.3 is 6.18 Å². The van der Waals surface area contributed by atoms with E-state index in [-0.39, 0.29) is 12.4 Å². The Balaban J connectivity index is 1.68.